The first-order valence-corrected chi connectivity index (χ1v) is 11.8. The van der Waals surface area contributed by atoms with Crippen molar-refractivity contribution in [3.63, 3.8) is 0 Å². The van der Waals surface area contributed by atoms with Gasteiger partial charge in [0.15, 0.2) is 6.61 Å². The summed E-state index contributed by atoms with van der Waals surface area (Å²) < 4.78 is 11.6. The second-order valence-corrected chi connectivity index (χ2v) is 9.01. The van der Waals surface area contributed by atoms with Crippen molar-refractivity contribution in [2.75, 3.05) is 20.8 Å². The molecule has 0 saturated heterocycles. The Balaban J connectivity index is 1.40. The maximum atomic E-state index is 13.0. The van der Waals surface area contributed by atoms with Crippen LogP contribution in [0.15, 0.2) is 58.3 Å². The van der Waals surface area contributed by atoms with Crippen molar-refractivity contribution in [2.24, 2.45) is 0 Å². The summed E-state index contributed by atoms with van der Waals surface area (Å²) >= 11 is 2.91. The minimum atomic E-state index is -0.690. The number of likely N-dealkylation sites (N-methyl/N-ethyl adjacent to an activating group) is 1. The number of ether oxygens (including phenoxy) is 2. The highest BCUT2D eigenvalue weighted by atomic mass is 32.1. The van der Waals surface area contributed by atoms with Gasteiger partial charge in [-0.1, -0.05) is 24.3 Å². The molecule has 4 rings (SSSR count). The van der Waals surface area contributed by atoms with E-state index in [1.165, 1.54) is 38.5 Å². The lowest BCUT2D eigenvalue weighted by molar-refractivity contribution is -0.152. The lowest BCUT2D eigenvalue weighted by atomic mass is 10.2. The number of carbonyl (C=O) groups is 2. The SMILES string of the molecule is COc1ccccc1CN(C)C(=O)COC(=O)Cn1cnc2scc(-c3cccs3)c2c1=O. The van der Waals surface area contributed by atoms with Gasteiger partial charge in [-0.05, 0) is 17.5 Å². The Morgan fingerprint density at radius 3 is 2.73 bits per heavy atom. The maximum Gasteiger partial charge on any atom is 0.326 e. The third kappa shape index (κ3) is 4.96. The standard InChI is InChI=1S/C23H21N3O5S2/c1-25(10-15-6-3-4-7-17(15)30-2)19(27)12-31-20(28)11-26-14-24-22-21(23(26)29)16(13-33-22)18-8-5-9-32-18/h3-9,13-14H,10-12H2,1-2H3. The van der Waals surface area contributed by atoms with Crippen molar-refractivity contribution in [1.29, 1.82) is 0 Å². The zero-order valence-corrected chi connectivity index (χ0v) is 19.6. The Morgan fingerprint density at radius 1 is 1.15 bits per heavy atom. The van der Waals surface area contributed by atoms with Crippen LogP contribution in [-0.4, -0.2) is 47.1 Å². The molecule has 33 heavy (non-hydrogen) atoms. The van der Waals surface area contributed by atoms with Gasteiger partial charge in [0.1, 0.15) is 17.1 Å². The summed E-state index contributed by atoms with van der Waals surface area (Å²) in [6, 6.07) is 11.2. The Morgan fingerprint density at radius 2 is 1.97 bits per heavy atom. The fraction of sp³-hybridized carbons (Fsp3) is 0.217. The van der Waals surface area contributed by atoms with Crippen molar-refractivity contribution in [3.05, 3.63) is 69.4 Å². The van der Waals surface area contributed by atoms with E-state index >= 15 is 0 Å². The van der Waals surface area contributed by atoms with Gasteiger partial charge in [0.05, 0.1) is 18.8 Å². The molecule has 8 nitrogen and oxygen atoms in total. The Kier molecular flexibility index (Phi) is 6.85. The maximum absolute atomic E-state index is 13.0. The molecule has 0 aliphatic rings. The molecule has 0 spiro atoms. The number of hydrogen-bond acceptors (Lipinski definition) is 8. The van der Waals surface area contributed by atoms with E-state index < -0.39 is 12.6 Å². The number of aromatic nitrogens is 2. The van der Waals surface area contributed by atoms with Crippen LogP contribution >= 0.6 is 22.7 Å². The van der Waals surface area contributed by atoms with Crippen molar-refractivity contribution in [2.45, 2.75) is 13.1 Å². The van der Waals surface area contributed by atoms with Crippen molar-refractivity contribution >= 4 is 44.8 Å². The zero-order chi connectivity index (χ0) is 23.4. The minimum absolute atomic E-state index is 0.310. The fourth-order valence-corrected chi connectivity index (χ4v) is 5.03. The van der Waals surface area contributed by atoms with Gasteiger partial charge in [-0.25, -0.2) is 4.98 Å². The molecule has 0 N–H and O–H groups in total. The molecular formula is C23H21N3O5S2. The van der Waals surface area contributed by atoms with Gasteiger partial charge < -0.3 is 14.4 Å². The first-order valence-electron chi connectivity index (χ1n) is 10.00. The van der Waals surface area contributed by atoms with E-state index in [2.05, 4.69) is 4.98 Å². The molecule has 0 aliphatic carbocycles. The molecule has 0 aliphatic heterocycles. The number of rotatable bonds is 8. The van der Waals surface area contributed by atoms with E-state index in [-0.39, 0.29) is 18.0 Å². The molecule has 1 aromatic carbocycles. The molecule has 0 bridgehead atoms. The Labute approximate surface area is 197 Å². The summed E-state index contributed by atoms with van der Waals surface area (Å²) in [6.45, 7) is -0.442. The highest BCUT2D eigenvalue weighted by Crippen LogP contribution is 2.33. The molecule has 0 saturated carbocycles. The second kappa shape index (κ2) is 9.97. The average Bonchev–Trinajstić information content (AvgIpc) is 3.49. The number of benzene rings is 1. The number of amides is 1. The van der Waals surface area contributed by atoms with E-state index in [0.717, 1.165) is 16.0 Å². The highest BCUT2D eigenvalue weighted by molar-refractivity contribution is 7.18. The predicted octanol–water partition coefficient (Wildman–Crippen LogP) is 3.40. The van der Waals surface area contributed by atoms with E-state index in [0.29, 0.717) is 22.5 Å². The van der Waals surface area contributed by atoms with Gasteiger partial charge in [0, 0.05) is 35.0 Å². The molecule has 0 radical (unpaired) electrons. The quantitative estimate of drug-likeness (QED) is 0.357. The first-order chi connectivity index (χ1) is 16.0. The van der Waals surface area contributed by atoms with Crippen LogP contribution in [0.2, 0.25) is 0 Å². The first kappa shape index (κ1) is 22.7. The van der Waals surface area contributed by atoms with Crippen LogP contribution in [0.3, 0.4) is 0 Å². The van der Waals surface area contributed by atoms with Crippen LogP contribution < -0.4 is 10.3 Å². The molecule has 10 heteroatoms. The smallest absolute Gasteiger partial charge is 0.326 e. The van der Waals surface area contributed by atoms with Crippen LogP contribution in [0.5, 0.6) is 5.75 Å². The van der Waals surface area contributed by atoms with Crippen LogP contribution in [0, 0.1) is 0 Å². The third-order valence-corrected chi connectivity index (χ3v) is 6.82. The average molecular weight is 484 g/mol. The van der Waals surface area contributed by atoms with Crippen LogP contribution in [0.25, 0.3) is 20.7 Å². The van der Waals surface area contributed by atoms with Gasteiger partial charge in [-0.3, -0.25) is 19.0 Å². The molecule has 1 amide bonds. The van der Waals surface area contributed by atoms with E-state index in [1.54, 1.807) is 14.2 Å². The Hall–Kier alpha value is -3.50. The normalized spacial score (nSPS) is 10.8. The second-order valence-electron chi connectivity index (χ2n) is 7.21. The van der Waals surface area contributed by atoms with Gasteiger partial charge in [-0.15, -0.1) is 22.7 Å². The number of methoxy groups -OCH3 is 1. The lowest BCUT2D eigenvalue weighted by Crippen LogP contribution is -2.32. The van der Waals surface area contributed by atoms with E-state index in [9.17, 15) is 14.4 Å². The number of fused-ring (bicyclic) bond motifs is 1. The molecule has 0 fully saturated rings. The number of carbonyl (C=O) groups excluding carboxylic acids is 2. The number of nitrogens with zero attached hydrogens (tertiary/aromatic N) is 3. The highest BCUT2D eigenvalue weighted by Gasteiger charge is 2.17. The summed E-state index contributed by atoms with van der Waals surface area (Å²) in [4.78, 5) is 45.1. The number of para-hydroxylation sites is 1. The molecule has 0 atom stereocenters. The molecular weight excluding hydrogens is 462 g/mol. The van der Waals surface area contributed by atoms with Gasteiger partial charge >= 0.3 is 5.97 Å². The summed E-state index contributed by atoms with van der Waals surface area (Å²) in [5.74, 6) is -0.384. The number of esters is 1. The van der Waals surface area contributed by atoms with Gasteiger partial charge in [-0.2, -0.15) is 0 Å². The molecule has 3 aromatic heterocycles. The third-order valence-electron chi connectivity index (χ3n) is 5.03. The predicted molar refractivity (Wildman–Crippen MR) is 128 cm³/mol. The van der Waals surface area contributed by atoms with Crippen LogP contribution in [-0.2, 0) is 27.4 Å². The van der Waals surface area contributed by atoms with Crippen LogP contribution in [0.4, 0.5) is 0 Å². The number of thiophene rings is 2. The number of hydrogen-bond donors (Lipinski definition) is 0. The van der Waals surface area contributed by atoms with E-state index in [1.807, 2.05) is 47.2 Å². The minimum Gasteiger partial charge on any atom is -0.496 e. The van der Waals surface area contributed by atoms with Gasteiger partial charge in [0.25, 0.3) is 11.5 Å². The Bertz CT molecular complexity index is 1340. The lowest BCUT2D eigenvalue weighted by Gasteiger charge is -2.18. The largest absolute Gasteiger partial charge is 0.496 e. The summed E-state index contributed by atoms with van der Waals surface area (Å²) in [7, 11) is 3.18. The van der Waals surface area contributed by atoms with E-state index in [4.69, 9.17) is 9.47 Å². The van der Waals surface area contributed by atoms with Crippen molar-refractivity contribution in [3.8, 4) is 16.2 Å². The van der Waals surface area contributed by atoms with Crippen molar-refractivity contribution in [1.82, 2.24) is 14.5 Å². The molecule has 3 heterocycles. The summed E-state index contributed by atoms with van der Waals surface area (Å²) in [5, 5.41) is 4.31. The van der Waals surface area contributed by atoms with Crippen molar-refractivity contribution < 1.29 is 19.1 Å². The van der Waals surface area contributed by atoms with Crippen LogP contribution in [0.1, 0.15) is 5.56 Å². The molecule has 0 unspecified atom stereocenters. The summed E-state index contributed by atoms with van der Waals surface area (Å²) in [6.07, 6.45) is 1.33. The molecule has 4 aromatic rings. The van der Waals surface area contributed by atoms with Gasteiger partial charge in [0.2, 0.25) is 0 Å². The summed E-state index contributed by atoms with van der Waals surface area (Å²) in [5.41, 5.74) is 1.32. The zero-order valence-electron chi connectivity index (χ0n) is 18.0. The topological polar surface area (TPSA) is 90.7 Å². The molecule has 170 valence electrons. The fourth-order valence-electron chi connectivity index (χ4n) is 3.31. The monoisotopic (exact) mass is 483 g/mol.